The van der Waals surface area contributed by atoms with Gasteiger partial charge in [0.15, 0.2) is 0 Å². The lowest BCUT2D eigenvalue weighted by Gasteiger charge is -1.99. The Morgan fingerprint density at radius 2 is 2.21 bits per heavy atom. The lowest BCUT2D eigenvalue weighted by molar-refractivity contribution is 0.752. The summed E-state index contributed by atoms with van der Waals surface area (Å²) in [6.07, 6.45) is 3.60. The average molecular weight is 336 g/mol. The van der Waals surface area contributed by atoms with Crippen LogP contribution >= 0.6 is 27.3 Å². The van der Waals surface area contributed by atoms with Gasteiger partial charge in [-0.3, -0.25) is 0 Å². The molecule has 1 heterocycles. The Morgan fingerprint density at radius 1 is 1.42 bits per heavy atom. The summed E-state index contributed by atoms with van der Waals surface area (Å²) in [6, 6.07) is 7.91. The van der Waals surface area contributed by atoms with E-state index in [1.165, 1.54) is 5.69 Å². The van der Waals surface area contributed by atoms with Gasteiger partial charge in [-0.05, 0) is 13.0 Å². The molecule has 0 amide bonds. The molecule has 2 aromatic rings. The summed E-state index contributed by atoms with van der Waals surface area (Å²) in [5.74, 6) is 0. The van der Waals surface area contributed by atoms with E-state index in [1.807, 2.05) is 30.3 Å². The molecular weight excluding hydrogens is 322 g/mol. The number of allylic oxidation sites excluding steroid dienone is 1. The van der Waals surface area contributed by atoms with E-state index in [1.54, 1.807) is 17.6 Å². The van der Waals surface area contributed by atoms with Gasteiger partial charge in [0.05, 0.1) is 6.21 Å². The van der Waals surface area contributed by atoms with Crippen molar-refractivity contribution in [3.8, 4) is 0 Å². The molecule has 0 bridgehead atoms. The van der Waals surface area contributed by atoms with Crippen LogP contribution in [-0.2, 0) is 6.54 Å². The van der Waals surface area contributed by atoms with Crippen molar-refractivity contribution in [3.63, 3.8) is 0 Å². The molecule has 0 spiro atoms. The number of hydrogen-bond acceptors (Lipinski definition) is 3. The second-order valence-corrected chi connectivity index (χ2v) is 5.62. The van der Waals surface area contributed by atoms with Crippen LogP contribution < -0.4 is 4.80 Å². The first kappa shape index (κ1) is 14.0. The normalized spacial score (nSPS) is 12.2. The zero-order chi connectivity index (χ0) is 13.7. The molecule has 0 atom stereocenters. The number of rotatable bonds is 4. The largest absolute Gasteiger partial charge is 0.316 e. The predicted octanol–water partition coefficient (Wildman–Crippen LogP) is 3.74. The van der Waals surface area contributed by atoms with Crippen LogP contribution in [0.25, 0.3) is 0 Å². The molecule has 0 saturated heterocycles. The van der Waals surface area contributed by atoms with Gasteiger partial charge in [-0.15, -0.1) is 23.0 Å². The van der Waals surface area contributed by atoms with Gasteiger partial charge in [-0.1, -0.05) is 40.2 Å². The van der Waals surface area contributed by atoms with E-state index in [9.17, 15) is 0 Å². The molecule has 0 unspecified atom stereocenters. The zero-order valence-electron chi connectivity index (χ0n) is 10.6. The Labute approximate surface area is 124 Å². The topological polar surface area (TPSA) is 29.6 Å². The number of benzene rings is 1. The Kier molecular flexibility index (Phi) is 4.87. The molecule has 0 aliphatic rings. The highest BCUT2D eigenvalue weighted by molar-refractivity contribution is 9.10. The van der Waals surface area contributed by atoms with Crippen molar-refractivity contribution in [2.45, 2.75) is 13.5 Å². The Balaban J connectivity index is 2.28. The molecule has 0 N–H and O–H groups in total. The van der Waals surface area contributed by atoms with E-state index >= 15 is 0 Å². The molecule has 98 valence electrons. The quantitative estimate of drug-likeness (QED) is 0.463. The van der Waals surface area contributed by atoms with Gasteiger partial charge in [0.25, 0.3) is 0 Å². The van der Waals surface area contributed by atoms with Crippen molar-refractivity contribution in [2.75, 3.05) is 0 Å². The summed E-state index contributed by atoms with van der Waals surface area (Å²) >= 11 is 5.06. The summed E-state index contributed by atoms with van der Waals surface area (Å²) in [5, 5.41) is 10.5. The van der Waals surface area contributed by atoms with Gasteiger partial charge in [0.2, 0.25) is 4.80 Å². The number of aryl methyl sites for hydroxylation is 1. The van der Waals surface area contributed by atoms with Gasteiger partial charge in [-0.25, -0.2) is 0 Å². The van der Waals surface area contributed by atoms with Crippen LogP contribution in [0.5, 0.6) is 0 Å². The smallest absolute Gasteiger partial charge is 0.211 e. The van der Waals surface area contributed by atoms with Crippen LogP contribution in [-0.4, -0.2) is 10.8 Å². The maximum Gasteiger partial charge on any atom is 0.211 e. The van der Waals surface area contributed by atoms with Crippen LogP contribution in [0.1, 0.15) is 11.3 Å². The first-order valence-corrected chi connectivity index (χ1v) is 7.47. The average Bonchev–Trinajstić information content (AvgIpc) is 2.74. The molecule has 0 radical (unpaired) electrons. The second kappa shape index (κ2) is 6.63. The molecular formula is C14H14BrN3S. The summed E-state index contributed by atoms with van der Waals surface area (Å²) in [5.41, 5.74) is 2.18. The van der Waals surface area contributed by atoms with Crippen LogP contribution in [0.2, 0.25) is 0 Å². The molecule has 0 fully saturated rings. The highest BCUT2D eigenvalue weighted by Crippen LogP contribution is 2.13. The Morgan fingerprint density at radius 3 is 2.95 bits per heavy atom. The van der Waals surface area contributed by atoms with E-state index < -0.39 is 0 Å². The molecule has 0 saturated carbocycles. The molecule has 3 nitrogen and oxygen atoms in total. The molecule has 2 rings (SSSR count). The van der Waals surface area contributed by atoms with E-state index in [2.05, 4.69) is 49.6 Å². The summed E-state index contributed by atoms with van der Waals surface area (Å²) < 4.78 is 3.09. The van der Waals surface area contributed by atoms with Crippen LogP contribution in [0.15, 0.2) is 57.0 Å². The molecule has 5 heteroatoms. The highest BCUT2D eigenvalue weighted by Gasteiger charge is 1.98. The number of nitrogens with zero attached hydrogens (tertiary/aromatic N) is 3. The molecule has 0 aliphatic heterocycles. The first-order valence-electron chi connectivity index (χ1n) is 5.80. The number of halogens is 1. The fourth-order valence-corrected chi connectivity index (χ4v) is 2.80. The minimum absolute atomic E-state index is 0.749. The van der Waals surface area contributed by atoms with E-state index in [0.717, 1.165) is 21.4 Å². The molecule has 0 aliphatic carbocycles. The van der Waals surface area contributed by atoms with Crippen molar-refractivity contribution in [3.05, 3.63) is 62.8 Å². The van der Waals surface area contributed by atoms with E-state index in [-0.39, 0.29) is 0 Å². The lowest BCUT2D eigenvalue weighted by Crippen LogP contribution is -2.14. The second-order valence-electron chi connectivity index (χ2n) is 3.93. The number of thiazole rings is 1. The van der Waals surface area contributed by atoms with Gasteiger partial charge < -0.3 is 4.57 Å². The minimum atomic E-state index is 0.749. The standard InChI is InChI=1S/C14H14BrN3S/c1-3-8-18-11(2)10-19-14(18)17-16-9-12-6-4-5-7-13(12)15/h3-7,9-10H,1,8H2,2H3. The Bertz CT molecular complexity index is 667. The first-order chi connectivity index (χ1) is 9.22. The van der Waals surface area contributed by atoms with Gasteiger partial charge in [-0.2, -0.15) is 5.10 Å². The van der Waals surface area contributed by atoms with E-state index in [0.29, 0.717) is 0 Å². The van der Waals surface area contributed by atoms with E-state index in [4.69, 9.17) is 0 Å². The monoisotopic (exact) mass is 335 g/mol. The zero-order valence-corrected chi connectivity index (χ0v) is 13.0. The van der Waals surface area contributed by atoms with Crippen molar-refractivity contribution >= 4 is 33.5 Å². The number of hydrogen-bond donors (Lipinski definition) is 0. The number of aromatic nitrogens is 1. The predicted molar refractivity (Wildman–Crippen MR) is 84.5 cm³/mol. The molecule has 19 heavy (non-hydrogen) atoms. The summed E-state index contributed by atoms with van der Waals surface area (Å²) in [7, 11) is 0. The fraction of sp³-hybridized carbons (Fsp3) is 0.143. The lowest BCUT2D eigenvalue weighted by atomic mass is 10.2. The van der Waals surface area contributed by atoms with Crippen LogP contribution in [0.4, 0.5) is 0 Å². The van der Waals surface area contributed by atoms with Gasteiger partial charge in [0, 0.05) is 27.7 Å². The minimum Gasteiger partial charge on any atom is -0.316 e. The van der Waals surface area contributed by atoms with Crippen molar-refractivity contribution in [1.29, 1.82) is 0 Å². The third-order valence-electron chi connectivity index (χ3n) is 2.55. The third kappa shape index (κ3) is 3.52. The third-order valence-corrected chi connectivity index (χ3v) is 4.24. The van der Waals surface area contributed by atoms with Crippen LogP contribution in [0.3, 0.4) is 0 Å². The fourth-order valence-electron chi connectivity index (χ4n) is 1.57. The maximum atomic E-state index is 4.26. The van der Waals surface area contributed by atoms with Gasteiger partial charge >= 0.3 is 0 Å². The molecule has 1 aromatic heterocycles. The van der Waals surface area contributed by atoms with Crippen molar-refractivity contribution in [1.82, 2.24) is 4.57 Å². The highest BCUT2D eigenvalue weighted by atomic mass is 79.9. The SMILES string of the molecule is C=CCn1c(C)csc1=NN=Cc1ccccc1Br. The van der Waals surface area contributed by atoms with Crippen molar-refractivity contribution in [2.24, 2.45) is 10.2 Å². The maximum absolute atomic E-state index is 4.26. The molecule has 1 aromatic carbocycles. The van der Waals surface area contributed by atoms with Gasteiger partial charge in [0.1, 0.15) is 0 Å². The summed E-state index contributed by atoms with van der Waals surface area (Å²) in [4.78, 5) is 0.876. The summed E-state index contributed by atoms with van der Waals surface area (Å²) in [6.45, 7) is 6.56. The van der Waals surface area contributed by atoms with Crippen LogP contribution in [0, 0.1) is 6.92 Å². The van der Waals surface area contributed by atoms with Crippen molar-refractivity contribution < 1.29 is 0 Å². The Hall–Kier alpha value is -1.46.